The van der Waals surface area contributed by atoms with Gasteiger partial charge in [0.25, 0.3) is 5.89 Å². The molecule has 0 aliphatic carbocycles. The molecule has 1 unspecified atom stereocenters. The number of carbonyl (C=O) groups excluding carboxylic acids is 1. The monoisotopic (exact) mass is 486 g/mol. The van der Waals surface area contributed by atoms with Gasteiger partial charge >= 0.3 is 6.03 Å². The molecule has 2 heterocycles. The second kappa shape index (κ2) is 9.64. The first kappa shape index (κ1) is 22.7. The van der Waals surface area contributed by atoms with Crippen LogP contribution in [0.4, 0.5) is 4.79 Å². The summed E-state index contributed by atoms with van der Waals surface area (Å²) in [7, 11) is 1.61. The molecule has 0 spiro atoms. The molecule has 1 aliphatic heterocycles. The zero-order chi connectivity index (χ0) is 24.4. The van der Waals surface area contributed by atoms with Crippen LogP contribution in [0.3, 0.4) is 0 Å². The van der Waals surface area contributed by atoms with E-state index in [9.17, 15) is 4.79 Å². The average Bonchev–Trinajstić information content (AvgIpc) is 3.37. The zero-order valence-corrected chi connectivity index (χ0v) is 20.0. The molecule has 0 radical (unpaired) electrons. The number of para-hydroxylation sites is 1. The second-order valence-corrected chi connectivity index (χ2v) is 8.56. The fourth-order valence-corrected chi connectivity index (χ4v) is 4.42. The maximum absolute atomic E-state index is 13.3. The molecule has 3 aromatic carbocycles. The van der Waals surface area contributed by atoms with Crippen molar-refractivity contribution >= 4 is 23.2 Å². The third kappa shape index (κ3) is 4.50. The molecule has 1 atom stereocenters. The topological polar surface area (TPSA) is 80.5 Å². The molecular weight excluding hydrogens is 464 g/mol. The Morgan fingerprint density at radius 1 is 1.06 bits per heavy atom. The number of amides is 2. The number of halogens is 1. The van der Waals surface area contributed by atoms with Crippen LogP contribution in [-0.4, -0.2) is 28.2 Å². The van der Waals surface area contributed by atoms with Crippen LogP contribution in [-0.2, 0) is 6.54 Å². The van der Waals surface area contributed by atoms with Gasteiger partial charge in [0.2, 0.25) is 5.82 Å². The van der Waals surface area contributed by atoms with Crippen LogP contribution >= 0.6 is 11.6 Å². The third-order valence-corrected chi connectivity index (χ3v) is 6.22. The lowest BCUT2D eigenvalue weighted by Crippen LogP contribution is -2.45. The van der Waals surface area contributed by atoms with Crippen LogP contribution in [0.2, 0.25) is 5.02 Å². The van der Waals surface area contributed by atoms with Gasteiger partial charge in [-0.15, -0.1) is 0 Å². The molecule has 0 saturated heterocycles. The number of methoxy groups -OCH3 is 1. The second-order valence-electron chi connectivity index (χ2n) is 8.12. The standard InChI is InChI=1S/C27H23ClN4O3/c1-17-23(26-30-25(31-35-26)18-9-4-3-5-10-18)24(19-12-8-13-21(28)15-19)29-27(33)32(17)16-20-11-6-7-14-22(20)34-2/h3-15,24H,16H2,1-2H3,(H,29,33). The lowest BCUT2D eigenvalue weighted by Gasteiger charge is -2.35. The van der Waals surface area contributed by atoms with Crippen LogP contribution in [0.25, 0.3) is 17.0 Å². The van der Waals surface area contributed by atoms with E-state index in [1.165, 1.54) is 0 Å². The summed E-state index contributed by atoms with van der Waals surface area (Å²) in [4.78, 5) is 19.7. The predicted molar refractivity (Wildman–Crippen MR) is 134 cm³/mol. The molecular formula is C27H23ClN4O3. The summed E-state index contributed by atoms with van der Waals surface area (Å²) in [6.45, 7) is 2.19. The summed E-state index contributed by atoms with van der Waals surface area (Å²) < 4.78 is 11.2. The third-order valence-electron chi connectivity index (χ3n) is 5.99. The van der Waals surface area contributed by atoms with Crippen LogP contribution in [0, 0.1) is 0 Å². The van der Waals surface area contributed by atoms with E-state index >= 15 is 0 Å². The van der Waals surface area contributed by atoms with Gasteiger partial charge in [0, 0.05) is 21.8 Å². The Morgan fingerprint density at radius 2 is 1.83 bits per heavy atom. The van der Waals surface area contributed by atoms with Crippen molar-refractivity contribution in [1.29, 1.82) is 0 Å². The van der Waals surface area contributed by atoms with E-state index in [1.807, 2.05) is 79.7 Å². The molecule has 5 rings (SSSR count). The Kier molecular flexibility index (Phi) is 6.25. The molecule has 7 nitrogen and oxygen atoms in total. The number of nitrogens with zero attached hydrogens (tertiary/aromatic N) is 3. The SMILES string of the molecule is COc1ccccc1CN1C(=O)NC(c2cccc(Cl)c2)C(c2nc(-c3ccccc3)no2)=C1C. The van der Waals surface area contributed by atoms with E-state index < -0.39 is 6.04 Å². The van der Waals surface area contributed by atoms with Crippen molar-refractivity contribution in [2.24, 2.45) is 0 Å². The van der Waals surface area contributed by atoms with Gasteiger partial charge in [-0.2, -0.15) is 4.98 Å². The number of hydrogen-bond acceptors (Lipinski definition) is 5. The highest BCUT2D eigenvalue weighted by Gasteiger charge is 2.36. The summed E-state index contributed by atoms with van der Waals surface area (Å²) in [5.74, 6) is 1.51. The van der Waals surface area contributed by atoms with Crippen LogP contribution in [0.1, 0.15) is 30.0 Å². The van der Waals surface area contributed by atoms with Gasteiger partial charge in [0.05, 0.1) is 25.3 Å². The minimum Gasteiger partial charge on any atom is -0.496 e. The van der Waals surface area contributed by atoms with Crippen molar-refractivity contribution in [2.45, 2.75) is 19.5 Å². The number of carbonyl (C=O) groups is 1. The van der Waals surface area contributed by atoms with Crippen molar-refractivity contribution in [1.82, 2.24) is 20.4 Å². The number of urea groups is 1. The molecule has 8 heteroatoms. The van der Waals surface area contributed by atoms with E-state index in [-0.39, 0.29) is 6.03 Å². The van der Waals surface area contributed by atoms with E-state index in [4.69, 9.17) is 20.9 Å². The molecule has 35 heavy (non-hydrogen) atoms. The largest absolute Gasteiger partial charge is 0.496 e. The van der Waals surface area contributed by atoms with E-state index in [0.29, 0.717) is 40.3 Å². The van der Waals surface area contributed by atoms with E-state index in [2.05, 4.69) is 15.5 Å². The Hall–Kier alpha value is -4.10. The molecule has 176 valence electrons. The van der Waals surface area contributed by atoms with Crippen molar-refractivity contribution in [3.63, 3.8) is 0 Å². The maximum atomic E-state index is 13.3. The molecule has 4 aromatic rings. The van der Waals surface area contributed by atoms with Gasteiger partial charge in [0.15, 0.2) is 0 Å². The number of ether oxygens (including phenoxy) is 1. The summed E-state index contributed by atoms with van der Waals surface area (Å²) in [5, 5.41) is 7.87. The Bertz CT molecular complexity index is 1400. The van der Waals surface area contributed by atoms with Crippen molar-refractivity contribution < 1.29 is 14.1 Å². The quantitative estimate of drug-likeness (QED) is 0.356. The number of rotatable bonds is 6. The maximum Gasteiger partial charge on any atom is 0.322 e. The minimum atomic E-state index is -0.515. The Labute approximate surface area is 208 Å². The first-order valence-electron chi connectivity index (χ1n) is 11.1. The molecule has 0 fully saturated rings. The van der Waals surface area contributed by atoms with Gasteiger partial charge in [0.1, 0.15) is 5.75 Å². The number of hydrogen-bond donors (Lipinski definition) is 1. The van der Waals surface area contributed by atoms with Crippen molar-refractivity contribution in [3.05, 3.63) is 107 Å². The summed E-state index contributed by atoms with van der Waals surface area (Å²) >= 11 is 6.28. The molecule has 1 aromatic heterocycles. The Balaban J connectivity index is 1.61. The highest BCUT2D eigenvalue weighted by molar-refractivity contribution is 6.30. The molecule has 0 saturated carbocycles. The summed E-state index contributed by atoms with van der Waals surface area (Å²) in [6, 6.07) is 23.8. The smallest absolute Gasteiger partial charge is 0.322 e. The van der Waals surface area contributed by atoms with Crippen LogP contribution in [0.15, 0.2) is 89.1 Å². The van der Waals surface area contributed by atoms with Gasteiger partial charge in [-0.25, -0.2) is 4.79 Å². The number of benzene rings is 3. The predicted octanol–water partition coefficient (Wildman–Crippen LogP) is 6.10. The van der Waals surface area contributed by atoms with E-state index in [1.54, 1.807) is 18.1 Å². The lowest BCUT2D eigenvalue weighted by molar-refractivity contribution is 0.202. The highest BCUT2D eigenvalue weighted by Crippen LogP contribution is 2.38. The summed E-state index contributed by atoms with van der Waals surface area (Å²) in [5.41, 5.74) is 3.94. The normalized spacial score (nSPS) is 15.8. The molecule has 1 N–H and O–H groups in total. The summed E-state index contributed by atoms with van der Waals surface area (Å²) in [6.07, 6.45) is 0. The van der Waals surface area contributed by atoms with Gasteiger partial charge in [-0.3, -0.25) is 4.90 Å². The minimum absolute atomic E-state index is 0.245. The average molecular weight is 487 g/mol. The van der Waals surface area contributed by atoms with Crippen LogP contribution < -0.4 is 10.1 Å². The number of allylic oxidation sites excluding steroid dienone is 1. The van der Waals surface area contributed by atoms with E-state index in [0.717, 1.165) is 16.7 Å². The lowest BCUT2D eigenvalue weighted by atomic mass is 9.94. The zero-order valence-electron chi connectivity index (χ0n) is 19.2. The van der Waals surface area contributed by atoms with Gasteiger partial charge in [-0.05, 0) is 30.7 Å². The molecule has 0 bridgehead atoms. The van der Waals surface area contributed by atoms with Crippen molar-refractivity contribution in [3.8, 4) is 17.1 Å². The first-order valence-corrected chi connectivity index (χ1v) is 11.5. The first-order chi connectivity index (χ1) is 17.0. The number of aromatic nitrogens is 2. The number of nitrogens with one attached hydrogen (secondary N) is 1. The molecule has 1 aliphatic rings. The van der Waals surface area contributed by atoms with Crippen molar-refractivity contribution in [2.75, 3.05) is 7.11 Å². The van der Waals surface area contributed by atoms with Crippen LogP contribution in [0.5, 0.6) is 5.75 Å². The fourth-order valence-electron chi connectivity index (χ4n) is 4.23. The van der Waals surface area contributed by atoms with Gasteiger partial charge in [-0.1, -0.05) is 77.4 Å². The Morgan fingerprint density at radius 3 is 2.60 bits per heavy atom. The fraction of sp³-hybridized carbons (Fsp3) is 0.148. The molecule has 2 amide bonds. The van der Waals surface area contributed by atoms with Gasteiger partial charge < -0.3 is 14.6 Å². The highest BCUT2D eigenvalue weighted by atomic mass is 35.5.